The molecule has 1 atom stereocenters. The van der Waals surface area contributed by atoms with Crippen LogP contribution in [0.4, 0.5) is 0 Å². The van der Waals surface area contributed by atoms with E-state index in [1.807, 2.05) is 6.07 Å². The molecule has 2 rings (SSSR count). The number of imidazole rings is 1. The van der Waals surface area contributed by atoms with Crippen molar-refractivity contribution in [1.82, 2.24) is 14.9 Å². The molecule has 0 saturated heterocycles. The molecule has 1 amide bonds. The molecule has 0 unspecified atom stereocenters. The molecule has 1 aromatic heterocycles. The normalized spacial score (nSPS) is 12.5. The molecule has 0 bridgehead atoms. The van der Waals surface area contributed by atoms with Crippen LogP contribution < -0.4 is 5.32 Å². The number of nitrogens with zero attached hydrogens (tertiary/aromatic N) is 2. The first-order valence-electron chi connectivity index (χ1n) is 8.89. The SMILES string of the molecule is CCCCCn1c([C@H](CCCC)NC(C)=O)nc2ccccc21. The molecule has 0 aliphatic carbocycles. The Morgan fingerprint density at radius 3 is 2.61 bits per heavy atom. The van der Waals surface area contributed by atoms with Gasteiger partial charge < -0.3 is 9.88 Å². The van der Waals surface area contributed by atoms with Crippen LogP contribution in [0.2, 0.25) is 0 Å². The van der Waals surface area contributed by atoms with E-state index in [0.29, 0.717) is 0 Å². The summed E-state index contributed by atoms with van der Waals surface area (Å²) in [5.74, 6) is 1.02. The molecule has 1 aromatic carbocycles. The highest BCUT2D eigenvalue weighted by molar-refractivity contribution is 5.77. The fraction of sp³-hybridized carbons (Fsp3) is 0.579. The molecule has 0 aliphatic heterocycles. The van der Waals surface area contributed by atoms with Crippen LogP contribution in [0.5, 0.6) is 0 Å². The molecule has 0 fully saturated rings. The summed E-state index contributed by atoms with van der Waals surface area (Å²) in [6.07, 6.45) is 6.70. The average Bonchev–Trinajstić information content (AvgIpc) is 2.90. The smallest absolute Gasteiger partial charge is 0.217 e. The number of para-hydroxylation sites is 2. The number of rotatable bonds is 9. The minimum Gasteiger partial charge on any atom is -0.346 e. The number of hydrogen-bond donors (Lipinski definition) is 1. The summed E-state index contributed by atoms with van der Waals surface area (Å²) in [7, 11) is 0. The zero-order chi connectivity index (χ0) is 16.7. The largest absolute Gasteiger partial charge is 0.346 e. The summed E-state index contributed by atoms with van der Waals surface area (Å²) in [5.41, 5.74) is 2.19. The van der Waals surface area contributed by atoms with E-state index in [4.69, 9.17) is 4.98 Å². The van der Waals surface area contributed by atoms with Gasteiger partial charge in [0, 0.05) is 13.5 Å². The van der Waals surface area contributed by atoms with Crippen molar-refractivity contribution in [2.45, 2.75) is 71.9 Å². The van der Waals surface area contributed by atoms with Crippen molar-refractivity contribution >= 4 is 16.9 Å². The Morgan fingerprint density at radius 1 is 1.17 bits per heavy atom. The van der Waals surface area contributed by atoms with Crippen molar-refractivity contribution in [3.05, 3.63) is 30.1 Å². The first kappa shape index (κ1) is 17.5. The summed E-state index contributed by atoms with van der Waals surface area (Å²) in [6.45, 7) is 6.94. The lowest BCUT2D eigenvalue weighted by Crippen LogP contribution is -2.28. The van der Waals surface area contributed by atoms with Gasteiger partial charge in [-0.3, -0.25) is 4.79 Å². The molecule has 0 saturated carbocycles. The lowest BCUT2D eigenvalue weighted by molar-refractivity contribution is -0.119. The van der Waals surface area contributed by atoms with E-state index in [-0.39, 0.29) is 11.9 Å². The van der Waals surface area contributed by atoms with Crippen LogP contribution in [-0.4, -0.2) is 15.5 Å². The molecule has 1 heterocycles. The second-order valence-corrected chi connectivity index (χ2v) is 6.21. The Hall–Kier alpha value is -1.84. The van der Waals surface area contributed by atoms with Crippen molar-refractivity contribution in [2.75, 3.05) is 0 Å². The van der Waals surface area contributed by atoms with Crippen LogP contribution in [-0.2, 0) is 11.3 Å². The lowest BCUT2D eigenvalue weighted by Gasteiger charge is -2.19. The van der Waals surface area contributed by atoms with Crippen LogP contribution in [0.1, 0.15) is 71.2 Å². The molecular weight excluding hydrogens is 286 g/mol. The Bertz CT molecular complexity index is 633. The van der Waals surface area contributed by atoms with Crippen LogP contribution in [0, 0.1) is 0 Å². The number of aromatic nitrogens is 2. The maximum atomic E-state index is 11.6. The van der Waals surface area contributed by atoms with Gasteiger partial charge in [0.05, 0.1) is 17.1 Å². The number of fused-ring (bicyclic) bond motifs is 1. The van der Waals surface area contributed by atoms with Gasteiger partial charge in [-0.15, -0.1) is 0 Å². The van der Waals surface area contributed by atoms with Crippen LogP contribution in [0.25, 0.3) is 11.0 Å². The van der Waals surface area contributed by atoms with Crippen molar-refractivity contribution in [2.24, 2.45) is 0 Å². The molecule has 23 heavy (non-hydrogen) atoms. The molecule has 4 nitrogen and oxygen atoms in total. The Morgan fingerprint density at radius 2 is 1.91 bits per heavy atom. The van der Waals surface area contributed by atoms with Gasteiger partial charge >= 0.3 is 0 Å². The van der Waals surface area contributed by atoms with Crippen molar-refractivity contribution in [1.29, 1.82) is 0 Å². The van der Waals surface area contributed by atoms with Crippen molar-refractivity contribution in [3.8, 4) is 0 Å². The minimum absolute atomic E-state index is 0.00137. The third kappa shape index (κ3) is 4.57. The standard InChI is InChI=1S/C19H29N3O/c1-4-6-10-14-22-18-13-9-8-12-16(18)21-19(22)17(11-7-5-2)20-15(3)23/h8-9,12-13,17H,4-7,10-11,14H2,1-3H3,(H,20,23)/t17-/m0/s1. The summed E-state index contributed by atoms with van der Waals surface area (Å²) < 4.78 is 2.31. The molecular formula is C19H29N3O. The van der Waals surface area contributed by atoms with Crippen molar-refractivity contribution in [3.63, 3.8) is 0 Å². The summed E-state index contributed by atoms with van der Waals surface area (Å²) in [6, 6.07) is 8.27. The zero-order valence-electron chi connectivity index (χ0n) is 14.6. The molecule has 0 radical (unpaired) electrons. The molecule has 0 aliphatic rings. The van der Waals surface area contributed by atoms with Crippen LogP contribution in [0.15, 0.2) is 24.3 Å². The van der Waals surface area contributed by atoms with Gasteiger partial charge in [-0.25, -0.2) is 4.98 Å². The van der Waals surface area contributed by atoms with E-state index >= 15 is 0 Å². The lowest BCUT2D eigenvalue weighted by atomic mass is 10.1. The van der Waals surface area contributed by atoms with E-state index in [9.17, 15) is 4.79 Å². The molecule has 1 N–H and O–H groups in total. The van der Waals surface area contributed by atoms with E-state index < -0.39 is 0 Å². The van der Waals surface area contributed by atoms with Gasteiger partial charge in [0.25, 0.3) is 0 Å². The van der Waals surface area contributed by atoms with Crippen molar-refractivity contribution < 1.29 is 4.79 Å². The highest BCUT2D eigenvalue weighted by Gasteiger charge is 2.20. The van der Waals surface area contributed by atoms with Gasteiger partial charge in [0.1, 0.15) is 5.82 Å². The highest BCUT2D eigenvalue weighted by Crippen LogP contribution is 2.25. The fourth-order valence-electron chi connectivity index (χ4n) is 3.03. The zero-order valence-corrected chi connectivity index (χ0v) is 14.6. The number of aryl methyl sites for hydroxylation is 1. The Labute approximate surface area is 139 Å². The number of carbonyl (C=O) groups is 1. The number of hydrogen-bond acceptors (Lipinski definition) is 2. The number of unbranched alkanes of at least 4 members (excludes halogenated alkanes) is 3. The quantitative estimate of drug-likeness (QED) is 0.688. The highest BCUT2D eigenvalue weighted by atomic mass is 16.1. The third-order valence-corrected chi connectivity index (χ3v) is 4.20. The number of nitrogens with one attached hydrogen (secondary N) is 1. The molecule has 0 spiro atoms. The van der Waals surface area contributed by atoms with Gasteiger partial charge in [0.15, 0.2) is 0 Å². The van der Waals surface area contributed by atoms with Crippen LogP contribution >= 0.6 is 0 Å². The topological polar surface area (TPSA) is 46.9 Å². The maximum Gasteiger partial charge on any atom is 0.217 e. The number of amides is 1. The van der Waals surface area contributed by atoms with E-state index in [2.05, 4.69) is 41.9 Å². The first-order chi connectivity index (χ1) is 11.2. The van der Waals surface area contributed by atoms with Gasteiger partial charge in [0.2, 0.25) is 5.91 Å². The first-order valence-corrected chi connectivity index (χ1v) is 8.89. The van der Waals surface area contributed by atoms with Gasteiger partial charge in [-0.05, 0) is 25.0 Å². The molecule has 126 valence electrons. The average molecular weight is 315 g/mol. The van der Waals surface area contributed by atoms with E-state index in [0.717, 1.165) is 43.6 Å². The molecule has 4 heteroatoms. The third-order valence-electron chi connectivity index (χ3n) is 4.20. The Kier molecular flexibility index (Phi) is 6.63. The van der Waals surface area contributed by atoms with Gasteiger partial charge in [-0.1, -0.05) is 51.7 Å². The fourth-order valence-corrected chi connectivity index (χ4v) is 3.03. The van der Waals surface area contributed by atoms with Gasteiger partial charge in [-0.2, -0.15) is 0 Å². The number of benzene rings is 1. The second-order valence-electron chi connectivity index (χ2n) is 6.21. The minimum atomic E-state index is 0.00137. The predicted octanol–water partition coefficient (Wildman–Crippen LogP) is 4.59. The maximum absolute atomic E-state index is 11.6. The van der Waals surface area contributed by atoms with E-state index in [1.54, 1.807) is 6.92 Å². The number of carbonyl (C=O) groups excluding carboxylic acids is 1. The monoisotopic (exact) mass is 315 g/mol. The second kappa shape index (κ2) is 8.70. The predicted molar refractivity (Wildman–Crippen MR) is 95.3 cm³/mol. The summed E-state index contributed by atoms with van der Waals surface area (Å²) in [4.78, 5) is 16.5. The molecule has 2 aromatic rings. The van der Waals surface area contributed by atoms with E-state index in [1.165, 1.54) is 18.4 Å². The van der Waals surface area contributed by atoms with Crippen LogP contribution in [0.3, 0.4) is 0 Å². The summed E-state index contributed by atoms with van der Waals surface area (Å²) in [5, 5.41) is 3.10. The Balaban J connectivity index is 2.37. The summed E-state index contributed by atoms with van der Waals surface area (Å²) >= 11 is 0.